The van der Waals surface area contributed by atoms with Crippen LogP contribution in [0.5, 0.6) is 0 Å². The van der Waals surface area contributed by atoms with E-state index in [9.17, 15) is 4.79 Å². The van der Waals surface area contributed by atoms with Crippen molar-refractivity contribution in [3.8, 4) is 0 Å². The molecular formula is C18H24N2O2. The Hall–Kier alpha value is -1.91. The highest BCUT2D eigenvalue weighted by Gasteiger charge is 2.08. The van der Waals surface area contributed by atoms with Crippen molar-refractivity contribution in [3.63, 3.8) is 0 Å². The topological polar surface area (TPSA) is 41.6 Å². The van der Waals surface area contributed by atoms with Crippen LogP contribution >= 0.6 is 0 Å². The van der Waals surface area contributed by atoms with Crippen molar-refractivity contribution in [2.75, 3.05) is 33.9 Å². The molecule has 4 nitrogen and oxygen atoms in total. The van der Waals surface area contributed by atoms with E-state index >= 15 is 0 Å². The Morgan fingerprint density at radius 2 is 1.95 bits per heavy atom. The van der Waals surface area contributed by atoms with Gasteiger partial charge in [0.25, 0.3) is 0 Å². The van der Waals surface area contributed by atoms with Gasteiger partial charge in [-0.15, -0.1) is 0 Å². The molecule has 0 fully saturated rings. The highest BCUT2D eigenvalue weighted by atomic mass is 16.5. The van der Waals surface area contributed by atoms with Gasteiger partial charge in [0, 0.05) is 26.8 Å². The van der Waals surface area contributed by atoms with E-state index in [1.54, 1.807) is 7.11 Å². The van der Waals surface area contributed by atoms with Crippen LogP contribution in [0.15, 0.2) is 42.5 Å². The van der Waals surface area contributed by atoms with Crippen LogP contribution < -0.4 is 5.32 Å². The number of carbonyl (C=O) groups is 1. The lowest BCUT2D eigenvalue weighted by atomic mass is 10.0. The van der Waals surface area contributed by atoms with Crippen LogP contribution in [0.2, 0.25) is 0 Å². The third-order valence-electron chi connectivity index (χ3n) is 3.58. The summed E-state index contributed by atoms with van der Waals surface area (Å²) in [6.07, 6.45) is 0.843. The molecule has 2 aromatic rings. The Bertz CT molecular complexity index is 608. The minimum Gasteiger partial charge on any atom is -0.385 e. The summed E-state index contributed by atoms with van der Waals surface area (Å²) < 4.78 is 4.96. The quantitative estimate of drug-likeness (QED) is 0.761. The van der Waals surface area contributed by atoms with E-state index in [0.717, 1.165) is 13.0 Å². The molecule has 0 saturated heterocycles. The largest absolute Gasteiger partial charge is 0.385 e. The minimum absolute atomic E-state index is 0.0545. The first-order valence-corrected chi connectivity index (χ1v) is 7.61. The van der Waals surface area contributed by atoms with E-state index in [1.807, 2.05) is 24.1 Å². The number of nitrogens with zero attached hydrogens (tertiary/aromatic N) is 1. The fourth-order valence-corrected chi connectivity index (χ4v) is 2.52. The molecular weight excluding hydrogens is 276 g/mol. The van der Waals surface area contributed by atoms with Gasteiger partial charge in [-0.05, 0) is 29.8 Å². The zero-order valence-corrected chi connectivity index (χ0v) is 13.3. The second-order valence-electron chi connectivity index (χ2n) is 5.51. The summed E-state index contributed by atoms with van der Waals surface area (Å²) in [4.78, 5) is 13.9. The molecule has 0 aromatic heterocycles. The number of hydrogen-bond donors (Lipinski definition) is 1. The van der Waals surface area contributed by atoms with Crippen LogP contribution in [0.4, 0.5) is 0 Å². The van der Waals surface area contributed by atoms with Gasteiger partial charge in [-0.2, -0.15) is 0 Å². The minimum atomic E-state index is 0.0545. The fourth-order valence-electron chi connectivity index (χ4n) is 2.52. The molecule has 0 radical (unpaired) electrons. The number of ether oxygens (including phenoxy) is 1. The summed E-state index contributed by atoms with van der Waals surface area (Å²) in [5.41, 5.74) is 1.24. The van der Waals surface area contributed by atoms with Crippen LogP contribution in [-0.4, -0.2) is 44.7 Å². The van der Waals surface area contributed by atoms with E-state index in [0.29, 0.717) is 19.7 Å². The molecule has 22 heavy (non-hydrogen) atoms. The van der Waals surface area contributed by atoms with Gasteiger partial charge in [-0.25, -0.2) is 0 Å². The van der Waals surface area contributed by atoms with Crippen molar-refractivity contribution >= 4 is 16.7 Å². The van der Waals surface area contributed by atoms with E-state index in [4.69, 9.17) is 4.74 Å². The summed E-state index contributed by atoms with van der Waals surface area (Å²) in [6.45, 7) is 2.49. The third kappa shape index (κ3) is 4.83. The van der Waals surface area contributed by atoms with Crippen LogP contribution in [0.1, 0.15) is 12.0 Å². The standard InChI is InChI=1S/C18H24N2O2/c1-20(14-18(21)19-11-6-12-22-2)13-16-9-5-8-15-7-3-4-10-17(15)16/h3-5,7-10H,6,11-14H2,1-2H3,(H,19,21). The van der Waals surface area contributed by atoms with Gasteiger partial charge in [-0.3, -0.25) is 9.69 Å². The molecule has 0 unspecified atom stereocenters. The molecule has 2 aromatic carbocycles. The lowest BCUT2D eigenvalue weighted by Crippen LogP contribution is -2.35. The SMILES string of the molecule is COCCCNC(=O)CN(C)Cc1cccc2ccccc12. The zero-order valence-electron chi connectivity index (χ0n) is 13.3. The van der Waals surface area contributed by atoms with Gasteiger partial charge < -0.3 is 10.1 Å². The summed E-state index contributed by atoms with van der Waals surface area (Å²) in [6, 6.07) is 14.6. The van der Waals surface area contributed by atoms with Gasteiger partial charge in [0.15, 0.2) is 0 Å². The van der Waals surface area contributed by atoms with Crippen LogP contribution in [-0.2, 0) is 16.1 Å². The molecule has 4 heteroatoms. The van der Waals surface area contributed by atoms with Gasteiger partial charge in [-0.1, -0.05) is 42.5 Å². The molecule has 0 aliphatic rings. The Labute approximate surface area is 132 Å². The molecule has 118 valence electrons. The number of benzene rings is 2. The Morgan fingerprint density at radius 3 is 2.77 bits per heavy atom. The Balaban J connectivity index is 1.88. The predicted molar refractivity (Wildman–Crippen MR) is 89.8 cm³/mol. The molecule has 0 saturated carbocycles. The van der Waals surface area contributed by atoms with Crippen LogP contribution in [0.25, 0.3) is 10.8 Å². The van der Waals surface area contributed by atoms with Gasteiger partial charge in [0.2, 0.25) is 5.91 Å². The summed E-state index contributed by atoms with van der Waals surface area (Å²) in [7, 11) is 3.64. The van der Waals surface area contributed by atoms with E-state index < -0.39 is 0 Å². The van der Waals surface area contributed by atoms with E-state index in [2.05, 4.69) is 35.6 Å². The van der Waals surface area contributed by atoms with Crippen molar-refractivity contribution in [1.29, 1.82) is 0 Å². The normalized spacial score (nSPS) is 11.0. The molecule has 2 rings (SSSR count). The van der Waals surface area contributed by atoms with Crippen molar-refractivity contribution in [2.24, 2.45) is 0 Å². The zero-order chi connectivity index (χ0) is 15.8. The van der Waals surface area contributed by atoms with Crippen molar-refractivity contribution in [3.05, 3.63) is 48.0 Å². The average Bonchev–Trinajstić information content (AvgIpc) is 2.52. The Morgan fingerprint density at radius 1 is 1.18 bits per heavy atom. The van der Waals surface area contributed by atoms with E-state index in [1.165, 1.54) is 16.3 Å². The highest BCUT2D eigenvalue weighted by Crippen LogP contribution is 2.19. The Kier molecular flexibility index (Phi) is 6.37. The van der Waals surface area contributed by atoms with Crippen LogP contribution in [0.3, 0.4) is 0 Å². The first-order valence-electron chi connectivity index (χ1n) is 7.61. The number of hydrogen-bond acceptors (Lipinski definition) is 3. The molecule has 0 aliphatic heterocycles. The number of likely N-dealkylation sites (N-methyl/N-ethyl adjacent to an activating group) is 1. The first-order chi connectivity index (χ1) is 10.7. The summed E-state index contributed by atoms with van der Waals surface area (Å²) >= 11 is 0. The number of fused-ring (bicyclic) bond motifs is 1. The second kappa shape index (κ2) is 8.51. The number of carbonyl (C=O) groups excluding carboxylic acids is 1. The fraction of sp³-hybridized carbons (Fsp3) is 0.389. The van der Waals surface area contributed by atoms with Gasteiger partial charge in [0.05, 0.1) is 6.54 Å². The number of amides is 1. The highest BCUT2D eigenvalue weighted by molar-refractivity contribution is 5.85. The number of rotatable bonds is 8. The molecule has 1 amide bonds. The maximum absolute atomic E-state index is 11.9. The third-order valence-corrected chi connectivity index (χ3v) is 3.58. The molecule has 0 spiro atoms. The smallest absolute Gasteiger partial charge is 0.234 e. The summed E-state index contributed by atoms with van der Waals surface area (Å²) in [5.74, 6) is 0.0545. The van der Waals surface area contributed by atoms with Crippen molar-refractivity contribution in [2.45, 2.75) is 13.0 Å². The molecule has 0 bridgehead atoms. The molecule has 0 heterocycles. The molecule has 1 N–H and O–H groups in total. The molecule has 0 aliphatic carbocycles. The number of nitrogens with one attached hydrogen (secondary N) is 1. The van der Waals surface area contributed by atoms with Crippen LogP contribution in [0, 0.1) is 0 Å². The van der Waals surface area contributed by atoms with Gasteiger partial charge in [0.1, 0.15) is 0 Å². The summed E-state index contributed by atoms with van der Waals surface area (Å²) in [5, 5.41) is 5.39. The average molecular weight is 300 g/mol. The lowest BCUT2D eigenvalue weighted by Gasteiger charge is -2.17. The monoisotopic (exact) mass is 300 g/mol. The number of methoxy groups -OCH3 is 1. The van der Waals surface area contributed by atoms with E-state index in [-0.39, 0.29) is 5.91 Å². The maximum Gasteiger partial charge on any atom is 0.234 e. The van der Waals surface area contributed by atoms with Crippen molar-refractivity contribution < 1.29 is 9.53 Å². The maximum atomic E-state index is 11.9. The first kappa shape index (κ1) is 16.5. The van der Waals surface area contributed by atoms with Crippen molar-refractivity contribution in [1.82, 2.24) is 10.2 Å². The molecule has 0 atom stereocenters. The predicted octanol–water partition coefficient (Wildman–Crippen LogP) is 2.42. The second-order valence-corrected chi connectivity index (χ2v) is 5.51. The van der Waals surface area contributed by atoms with Gasteiger partial charge >= 0.3 is 0 Å². The lowest BCUT2D eigenvalue weighted by molar-refractivity contribution is -0.122.